The molecule has 0 spiro atoms. The van der Waals surface area contributed by atoms with Crippen molar-refractivity contribution in [3.8, 4) is 0 Å². The minimum Gasteiger partial charge on any atom is -0.326 e. The predicted molar refractivity (Wildman–Crippen MR) is 98.3 cm³/mol. The van der Waals surface area contributed by atoms with Crippen LogP contribution in [0.1, 0.15) is 31.4 Å². The molecule has 1 aliphatic rings. The third-order valence-corrected chi connectivity index (χ3v) is 4.44. The molecule has 1 aliphatic heterocycles. The Hall–Kier alpha value is -3.15. The van der Waals surface area contributed by atoms with E-state index in [-0.39, 0.29) is 30.7 Å². The fraction of sp³-hybridized carbons (Fsp3) is 0.250. The maximum atomic E-state index is 12.6. The number of rotatable bonds is 6. The van der Waals surface area contributed by atoms with Gasteiger partial charge in [-0.2, -0.15) is 0 Å². The van der Waals surface area contributed by atoms with E-state index in [2.05, 4.69) is 10.6 Å². The SMILES string of the molecule is C[C@H](c1ccccc1)N1C(=O)N[C@H](CCC(=O)Nc2ccccc2)C1=O. The van der Waals surface area contributed by atoms with E-state index < -0.39 is 12.1 Å². The standard InChI is InChI=1S/C20H21N3O3/c1-14(15-8-4-2-5-9-15)23-19(25)17(22-20(23)26)12-13-18(24)21-16-10-6-3-7-11-16/h2-11,14,17H,12-13H2,1H3,(H,21,24)(H,22,26)/t14-,17-/m1/s1. The normalized spacial score (nSPS) is 17.7. The van der Waals surface area contributed by atoms with Crippen LogP contribution in [0.3, 0.4) is 0 Å². The van der Waals surface area contributed by atoms with Crippen molar-refractivity contribution in [2.45, 2.75) is 31.8 Å². The number of imide groups is 1. The minimum atomic E-state index is -0.671. The van der Waals surface area contributed by atoms with Crippen LogP contribution in [0.5, 0.6) is 0 Å². The van der Waals surface area contributed by atoms with Crippen LogP contribution in [0.15, 0.2) is 60.7 Å². The van der Waals surface area contributed by atoms with Gasteiger partial charge in [0.05, 0.1) is 6.04 Å². The summed E-state index contributed by atoms with van der Waals surface area (Å²) >= 11 is 0. The summed E-state index contributed by atoms with van der Waals surface area (Å²) in [5.74, 6) is -0.480. The molecule has 2 aromatic rings. The molecule has 6 nitrogen and oxygen atoms in total. The largest absolute Gasteiger partial charge is 0.326 e. The quantitative estimate of drug-likeness (QED) is 0.785. The lowest BCUT2D eigenvalue weighted by atomic mass is 10.1. The van der Waals surface area contributed by atoms with E-state index in [4.69, 9.17) is 0 Å². The zero-order valence-corrected chi connectivity index (χ0v) is 14.5. The molecule has 2 atom stereocenters. The van der Waals surface area contributed by atoms with E-state index in [1.165, 1.54) is 4.90 Å². The number of nitrogens with zero attached hydrogens (tertiary/aromatic N) is 1. The fourth-order valence-corrected chi connectivity index (χ4v) is 3.01. The molecule has 0 radical (unpaired) electrons. The number of para-hydroxylation sites is 1. The first-order valence-corrected chi connectivity index (χ1v) is 8.59. The first-order valence-electron chi connectivity index (χ1n) is 8.59. The van der Waals surface area contributed by atoms with Crippen molar-refractivity contribution in [3.63, 3.8) is 0 Å². The second-order valence-corrected chi connectivity index (χ2v) is 6.25. The summed E-state index contributed by atoms with van der Waals surface area (Å²) in [6.45, 7) is 1.82. The third kappa shape index (κ3) is 3.91. The molecular formula is C20H21N3O3. The first kappa shape index (κ1) is 17.7. The lowest BCUT2D eigenvalue weighted by molar-refractivity contribution is -0.129. The Kier molecular flexibility index (Phi) is 5.31. The van der Waals surface area contributed by atoms with E-state index in [1.54, 1.807) is 12.1 Å². The van der Waals surface area contributed by atoms with E-state index >= 15 is 0 Å². The van der Waals surface area contributed by atoms with E-state index in [1.807, 2.05) is 55.5 Å². The van der Waals surface area contributed by atoms with Gasteiger partial charge in [0.15, 0.2) is 0 Å². The van der Waals surface area contributed by atoms with Gasteiger partial charge in [-0.15, -0.1) is 0 Å². The van der Waals surface area contributed by atoms with Crippen LogP contribution in [0.2, 0.25) is 0 Å². The lowest BCUT2D eigenvalue weighted by Gasteiger charge is -2.21. The van der Waals surface area contributed by atoms with Crippen molar-refractivity contribution in [1.29, 1.82) is 0 Å². The van der Waals surface area contributed by atoms with Crippen LogP contribution in [-0.2, 0) is 9.59 Å². The molecule has 26 heavy (non-hydrogen) atoms. The topological polar surface area (TPSA) is 78.5 Å². The number of urea groups is 1. The van der Waals surface area contributed by atoms with Gasteiger partial charge in [-0.25, -0.2) is 4.79 Å². The summed E-state index contributed by atoms with van der Waals surface area (Å²) in [5, 5.41) is 5.46. The number of anilines is 1. The average Bonchev–Trinajstić information content (AvgIpc) is 2.94. The van der Waals surface area contributed by atoms with Gasteiger partial charge in [0, 0.05) is 12.1 Å². The van der Waals surface area contributed by atoms with Crippen LogP contribution in [0.4, 0.5) is 10.5 Å². The Balaban J connectivity index is 1.58. The third-order valence-electron chi connectivity index (χ3n) is 4.44. The van der Waals surface area contributed by atoms with Crippen molar-refractivity contribution in [2.75, 3.05) is 5.32 Å². The van der Waals surface area contributed by atoms with E-state index in [9.17, 15) is 14.4 Å². The Labute approximate surface area is 152 Å². The molecule has 2 N–H and O–H groups in total. The Morgan fingerprint density at radius 3 is 2.35 bits per heavy atom. The van der Waals surface area contributed by atoms with Gasteiger partial charge in [0.25, 0.3) is 5.91 Å². The highest BCUT2D eigenvalue weighted by molar-refractivity contribution is 6.05. The van der Waals surface area contributed by atoms with Gasteiger partial charge in [0.2, 0.25) is 5.91 Å². The zero-order valence-electron chi connectivity index (χ0n) is 14.5. The molecule has 1 heterocycles. The summed E-state index contributed by atoms with van der Waals surface area (Å²) in [6.07, 6.45) is 0.417. The highest BCUT2D eigenvalue weighted by Gasteiger charge is 2.40. The minimum absolute atomic E-state index is 0.152. The van der Waals surface area contributed by atoms with Gasteiger partial charge in [0.1, 0.15) is 6.04 Å². The monoisotopic (exact) mass is 351 g/mol. The fourth-order valence-electron chi connectivity index (χ4n) is 3.01. The summed E-state index contributed by atoms with van der Waals surface area (Å²) in [5.41, 5.74) is 1.59. The summed E-state index contributed by atoms with van der Waals surface area (Å²) in [6, 6.07) is 17.1. The van der Waals surface area contributed by atoms with Gasteiger partial charge >= 0.3 is 6.03 Å². The lowest BCUT2D eigenvalue weighted by Crippen LogP contribution is -2.34. The summed E-state index contributed by atoms with van der Waals surface area (Å²) in [7, 11) is 0. The molecule has 134 valence electrons. The summed E-state index contributed by atoms with van der Waals surface area (Å²) in [4.78, 5) is 38.1. The highest BCUT2D eigenvalue weighted by atomic mass is 16.2. The van der Waals surface area contributed by atoms with Crippen LogP contribution >= 0.6 is 0 Å². The molecule has 0 bridgehead atoms. The molecule has 1 fully saturated rings. The maximum Gasteiger partial charge on any atom is 0.325 e. The molecule has 1 saturated heterocycles. The van der Waals surface area contributed by atoms with Gasteiger partial charge in [-0.05, 0) is 31.0 Å². The molecule has 3 rings (SSSR count). The molecule has 0 aromatic heterocycles. The Morgan fingerprint density at radius 1 is 1.08 bits per heavy atom. The van der Waals surface area contributed by atoms with Crippen LogP contribution in [-0.4, -0.2) is 28.8 Å². The maximum absolute atomic E-state index is 12.6. The van der Waals surface area contributed by atoms with Crippen LogP contribution in [0, 0.1) is 0 Å². The first-order chi connectivity index (χ1) is 12.6. The van der Waals surface area contributed by atoms with Gasteiger partial charge in [-0.1, -0.05) is 48.5 Å². The Bertz CT molecular complexity index is 792. The van der Waals surface area contributed by atoms with Crippen LogP contribution in [0.25, 0.3) is 0 Å². The smallest absolute Gasteiger partial charge is 0.325 e. The molecular weight excluding hydrogens is 330 g/mol. The molecule has 2 aromatic carbocycles. The van der Waals surface area contributed by atoms with Crippen molar-refractivity contribution in [1.82, 2.24) is 10.2 Å². The number of benzene rings is 2. The molecule has 0 unspecified atom stereocenters. The van der Waals surface area contributed by atoms with Crippen LogP contribution < -0.4 is 10.6 Å². The van der Waals surface area contributed by atoms with E-state index in [0.29, 0.717) is 5.69 Å². The van der Waals surface area contributed by atoms with Crippen molar-refractivity contribution >= 4 is 23.5 Å². The number of hydrogen-bond donors (Lipinski definition) is 2. The van der Waals surface area contributed by atoms with Crippen molar-refractivity contribution < 1.29 is 14.4 Å². The van der Waals surface area contributed by atoms with Crippen molar-refractivity contribution in [3.05, 3.63) is 66.2 Å². The number of hydrogen-bond acceptors (Lipinski definition) is 3. The number of carbonyl (C=O) groups is 3. The predicted octanol–water partition coefficient (Wildman–Crippen LogP) is 3.09. The van der Waals surface area contributed by atoms with Gasteiger partial charge < -0.3 is 10.6 Å². The molecule has 0 aliphatic carbocycles. The molecule has 0 saturated carbocycles. The Morgan fingerprint density at radius 2 is 1.69 bits per heavy atom. The highest BCUT2D eigenvalue weighted by Crippen LogP contribution is 2.25. The number of carbonyl (C=O) groups excluding carboxylic acids is 3. The van der Waals surface area contributed by atoms with Gasteiger partial charge in [-0.3, -0.25) is 14.5 Å². The second kappa shape index (κ2) is 7.82. The average molecular weight is 351 g/mol. The van der Waals surface area contributed by atoms with E-state index in [0.717, 1.165) is 5.56 Å². The number of amides is 4. The number of nitrogens with one attached hydrogen (secondary N) is 2. The second-order valence-electron chi connectivity index (χ2n) is 6.25. The summed E-state index contributed by atoms with van der Waals surface area (Å²) < 4.78 is 0. The molecule has 4 amide bonds. The van der Waals surface area contributed by atoms with Crippen molar-refractivity contribution in [2.24, 2.45) is 0 Å². The molecule has 6 heteroatoms. The zero-order chi connectivity index (χ0) is 18.5.